The zero-order chi connectivity index (χ0) is 14.2. The Balaban J connectivity index is 2.46. The Morgan fingerprint density at radius 3 is 2.68 bits per heavy atom. The van der Waals surface area contributed by atoms with Crippen molar-refractivity contribution in [3.05, 3.63) is 29.3 Å². The summed E-state index contributed by atoms with van der Waals surface area (Å²) in [5.41, 5.74) is 2.19. The van der Waals surface area contributed by atoms with E-state index in [2.05, 4.69) is 0 Å². The van der Waals surface area contributed by atoms with E-state index >= 15 is 0 Å². The monoisotopic (exact) mass is 263 g/mol. The number of carbonyl (C=O) groups excluding carboxylic acids is 1. The number of carbonyl (C=O) groups is 1. The first-order valence-electron chi connectivity index (χ1n) is 6.56. The van der Waals surface area contributed by atoms with Gasteiger partial charge in [0.05, 0.1) is 12.0 Å². The maximum Gasteiger partial charge on any atom is 0.237 e. The smallest absolute Gasteiger partial charge is 0.237 e. The number of aliphatic hydroxyl groups excluding tert-OH is 1. The van der Waals surface area contributed by atoms with Gasteiger partial charge in [-0.3, -0.25) is 4.79 Å². The Hall–Kier alpha value is -1.39. The zero-order valence-corrected chi connectivity index (χ0v) is 11.9. The largest absolute Gasteiger partial charge is 0.386 e. The standard InChI is InChI=1S/C15H21NO3/c1-5-16-12-7-6-10(13(17)9-19-4)8-11(12)15(2,3)14(16)18/h6-8,13,17H,5,9H2,1-4H3. The molecule has 1 unspecified atom stereocenters. The number of rotatable bonds is 4. The summed E-state index contributed by atoms with van der Waals surface area (Å²) < 4.78 is 4.97. The Bertz CT molecular complexity index is 496. The van der Waals surface area contributed by atoms with Crippen molar-refractivity contribution in [2.24, 2.45) is 0 Å². The van der Waals surface area contributed by atoms with E-state index in [4.69, 9.17) is 4.74 Å². The molecule has 1 aliphatic heterocycles. The fourth-order valence-electron chi connectivity index (χ4n) is 2.63. The van der Waals surface area contributed by atoms with E-state index in [1.54, 1.807) is 12.0 Å². The van der Waals surface area contributed by atoms with Crippen molar-refractivity contribution in [3.8, 4) is 0 Å². The van der Waals surface area contributed by atoms with Crippen molar-refractivity contribution >= 4 is 11.6 Å². The summed E-state index contributed by atoms with van der Waals surface area (Å²) in [7, 11) is 1.56. The lowest BCUT2D eigenvalue weighted by molar-refractivity contribution is -0.122. The topological polar surface area (TPSA) is 49.8 Å². The Labute approximate surface area is 114 Å². The number of likely N-dealkylation sites (N-methyl/N-ethyl adjacent to an activating group) is 1. The number of benzene rings is 1. The first kappa shape index (κ1) is 14.0. The van der Waals surface area contributed by atoms with Crippen LogP contribution >= 0.6 is 0 Å². The van der Waals surface area contributed by atoms with E-state index in [0.717, 1.165) is 16.8 Å². The highest BCUT2D eigenvalue weighted by Gasteiger charge is 2.43. The van der Waals surface area contributed by atoms with Gasteiger partial charge >= 0.3 is 0 Å². The molecular weight excluding hydrogens is 242 g/mol. The summed E-state index contributed by atoms with van der Waals surface area (Å²) in [4.78, 5) is 14.2. The summed E-state index contributed by atoms with van der Waals surface area (Å²) in [5.74, 6) is 0.114. The van der Waals surface area contributed by atoms with Gasteiger partial charge in [0.2, 0.25) is 5.91 Å². The third kappa shape index (κ3) is 2.15. The number of amides is 1. The van der Waals surface area contributed by atoms with Crippen LogP contribution in [-0.2, 0) is 14.9 Å². The Morgan fingerprint density at radius 2 is 2.11 bits per heavy atom. The molecule has 0 aromatic heterocycles. The van der Waals surface area contributed by atoms with Gasteiger partial charge in [-0.25, -0.2) is 0 Å². The van der Waals surface area contributed by atoms with Gasteiger partial charge < -0.3 is 14.7 Å². The molecular formula is C15H21NO3. The second kappa shape index (κ2) is 4.94. The van der Waals surface area contributed by atoms with Gasteiger partial charge in [0, 0.05) is 19.3 Å². The normalized spacial score (nSPS) is 18.6. The molecule has 1 heterocycles. The summed E-state index contributed by atoms with van der Waals surface area (Å²) in [6, 6.07) is 5.70. The maximum absolute atomic E-state index is 12.4. The maximum atomic E-state index is 12.4. The molecule has 1 aromatic rings. The average molecular weight is 263 g/mol. The van der Waals surface area contributed by atoms with Gasteiger partial charge in [-0.05, 0) is 44.0 Å². The van der Waals surface area contributed by atoms with E-state index in [1.165, 1.54) is 0 Å². The van der Waals surface area contributed by atoms with Crippen LogP contribution in [0.15, 0.2) is 18.2 Å². The highest BCUT2D eigenvalue weighted by Crippen LogP contribution is 2.42. The molecule has 4 heteroatoms. The molecule has 0 saturated carbocycles. The van der Waals surface area contributed by atoms with E-state index in [0.29, 0.717) is 6.54 Å². The minimum atomic E-state index is -0.656. The van der Waals surface area contributed by atoms with Crippen LogP contribution in [0, 0.1) is 0 Å². The lowest BCUT2D eigenvalue weighted by Crippen LogP contribution is -2.35. The van der Waals surface area contributed by atoms with E-state index in [1.807, 2.05) is 39.0 Å². The molecule has 19 heavy (non-hydrogen) atoms. The van der Waals surface area contributed by atoms with Crippen LogP contribution in [0.1, 0.15) is 38.0 Å². The molecule has 104 valence electrons. The van der Waals surface area contributed by atoms with Gasteiger partial charge in [-0.15, -0.1) is 0 Å². The van der Waals surface area contributed by atoms with Crippen molar-refractivity contribution in [1.29, 1.82) is 0 Å². The molecule has 0 spiro atoms. The molecule has 1 aliphatic rings. The lowest BCUT2D eigenvalue weighted by atomic mass is 9.85. The summed E-state index contributed by atoms with van der Waals surface area (Å²) in [5, 5.41) is 9.99. The van der Waals surface area contributed by atoms with Crippen molar-refractivity contribution in [1.82, 2.24) is 0 Å². The van der Waals surface area contributed by atoms with Gasteiger partial charge in [0.25, 0.3) is 0 Å². The van der Waals surface area contributed by atoms with Crippen molar-refractivity contribution < 1.29 is 14.6 Å². The summed E-state index contributed by atoms with van der Waals surface area (Å²) in [6.07, 6.45) is -0.656. The zero-order valence-electron chi connectivity index (χ0n) is 11.9. The first-order chi connectivity index (χ1) is 8.93. The number of nitrogens with zero attached hydrogens (tertiary/aromatic N) is 1. The van der Waals surface area contributed by atoms with Crippen molar-refractivity contribution in [2.75, 3.05) is 25.2 Å². The number of aliphatic hydroxyl groups is 1. The second-order valence-electron chi connectivity index (χ2n) is 5.42. The van der Waals surface area contributed by atoms with E-state index < -0.39 is 11.5 Å². The number of methoxy groups -OCH3 is 1. The van der Waals surface area contributed by atoms with Crippen LogP contribution < -0.4 is 4.90 Å². The van der Waals surface area contributed by atoms with Gasteiger partial charge in [0.1, 0.15) is 6.10 Å². The fourth-order valence-corrected chi connectivity index (χ4v) is 2.63. The number of fused-ring (bicyclic) bond motifs is 1. The first-order valence-corrected chi connectivity index (χ1v) is 6.56. The Morgan fingerprint density at radius 1 is 1.42 bits per heavy atom. The number of hydrogen-bond donors (Lipinski definition) is 1. The minimum Gasteiger partial charge on any atom is -0.386 e. The minimum absolute atomic E-state index is 0.114. The highest BCUT2D eigenvalue weighted by molar-refractivity contribution is 6.07. The molecule has 0 aliphatic carbocycles. The summed E-state index contributed by atoms with van der Waals surface area (Å²) in [6.45, 7) is 6.74. The SMILES string of the molecule is CCN1C(=O)C(C)(C)c2cc(C(O)COC)ccc21. The van der Waals surface area contributed by atoms with Crippen LogP contribution in [0.25, 0.3) is 0 Å². The number of ether oxygens (including phenoxy) is 1. The lowest BCUT2D eigenvalue weighted by Gasteiger charge is -2.18. The average Bonchev–Trinajstić information content (AvgIpc) is 2.57. The molecule has 1 aromatic carbocycles. The molecule has 0 saturated heterocycles. The molecule has 1 amide bonds. The van der Waals surface area contributed by atoms with E-state index in [-0.39, 0.29) is 12.5 Å². The highest BCUT2D eigenvalue weighted by atomic mass is 16.5. The number of anilines is 1. The van der Waals surface area contributed by atoms with Gasteiger partial charge in [-0.1, -0.05) is 6.07 Å². The van der Waals surface area contributed by atoms with Gasteiger partial charge in [-0.2, -0.15) is 0 Å². The van der Waals surface area contributed by atoms with E-state index in [9.17, 15) is 9.90 Å². The molecule has 1 atom stereocenters. The van der Waals surface area contributed by atoms with Crippen LogP contribution in [-0.4, -0.2) is 31.3 Å². The van der Waals surface area contributed by atoms with Crippen LogP contribution in [0.5, 0.6) is 0 Å². The van der Waals surface area contributed by atoms with Gasteiger partial charge in [0.15, 0.2) is 0 Å². The third-order valence-corrected chi connectivity index (χ3v) is 3.79. The van der Waals surface area contributed by atoms with Crippen LogP contribution in [0.2, 0.25) is 0 Å². The molecule has 0 radical (unpaired) electrons. The molecule has 0 bridgehead atoms. The van der Waals surface area contributed by atoms with Crippen LogP contribution in [0.4, 0.5) is 5.69 Å². The third-order valence-electron chi connectivity index (χ3n) is 3.79. The molecule has 2 rings (SSSR count). The second-order valence-corrected chi connectivity index (χ2v) is 5.42. The molecule has 1 N–H and O–H groups in total. The molecule has 4 nitrogen and oxygen atoms in total. The molecule has 0 fully saturated rings. The predicted octanol–water partition coefficient (Wildman–Crippen LogP) is 2.01. The van der Waals surface area contributed by atoms with Crippen molar-refractivity contribution in [3.63, 3.8) is 0 Å². The summed E-state index contributed by atoms with van der Waals surface area (Å²) >= 11 is 0. The fraction of sp³-hybridized carbons (Fsp3) is 0.533. The Kier molecular flexibility index (Phi) is 3.65. The quantitative estimate of drug-likeness (QED) is 0.904. The van der Waals surface area contributed by atoms with Crippen molar-refractivity contribution in [2.45, 2.75) is 32.3 Å². The number of hydrogen-bond acceptors (Lipinski definition) is 3. The van der Waals surface area contributed by atoms with Crippen LogP contribution in [0.3, 0.4) is 0 Å². The predicted molar refractivity (Wildman–Crippen MR) is 74.3 cm³/mol.